The van der Waals surface area contributed by atoms with Crippen molar-refractivity contribution >= 4 is 39.5 Å². The zero-order valence-electron chi connectivity index (χ0n) is 20.7. The van der Waals surface area contributed by atoms with Crippen molar-refractivity contribution in [2.24, 2.45) is 13.0 Å². The van der Waals surface area contributed by atoms with Gasteiger partial charge in [-0.25, -0.2) is 9.97 Å². The number of para-hydroxylation sites is 1. The van der Waals surface area contributed by atoms with Crippen LogP contribution in [0.2, 0.25) is 0 Å². The van der Waals surface area contributed by atoms with Crippen molar-refractivity contribution in [2.75, 3.05) is 60.8 Å². The molecule has 0 spiro atoms. The Morgan fingerprint density at radius 2 is 1.89 bits per heavy atom. The summed E-state index contributed by atoms with van der Waals surface area (Å²) in [5.41, 5.74) is 2.75. The lowest BCUT2D eigenvalue weighted by Crippen LogP contribution is -2.48. The highest BCUT2D eigenvalue weighted by molar-refractivity contribution is 7.85. The summed E-state index contributed by atoms with van der Waals surface area (Å²) in [7, 11) is 2.58. The summed E-state index contributed by atoms with van der Waals surface area (Å²) in [5.74, 6) is 3.71. The standard InChI is InChI=1S/C24H33N7O3S/c1-15(2)17(14-32)25-22-21-16(8-13-35(21)33)26-23(28-22)30-9-11-31(12-10-30)24-27-20-18(29(24)3)6-5-7-19(20)34-4/h5-7,15,17,32H,8-14H2,1-4H3,(H,25,26,28). The number of rotatable bonds is 7. The Hall–Kier alpha value is -2.92. The van der Waals surface area contributed by atoms with Crippen molar-refractivity contribution in [1.82, 2.24) is 19.5 Å². The monoisotopic (exact) mass is 499 g/mol. The van der Waals surface area contributed by atoms with E-state index < -0.39 is 10.8 Å². The summed E-state index contributed by atoms with van der Waals surface area (Å²) < 4.78 is 20.3. The van der Waals surface area contributed by atoms with Gasteiger partial charge in [-0.05, 0) is 18.1 Å². The molecule has 0 aliphatic carbocycles. The average molecular weight is 500 g/mol. The van der Waals surface area contributed by atoms with Crippen LogP contribution >= 0.6 is 0 Å². The summed E-state index contributed by atoms with van der Waals surface area (Å²) >= 11 is 0. The molecule has 0 amide bonds. The second-order valence-corrected chi connectivity index (χ2v) is 10.9. The molecule has 2 aromatic heterocycles. The maximum Gasteiger partial charge on any atom is 0.227 e. The van der Waals surface area contributed by atoms with Gasteiger partial charge in [-0.1, -0.05) is 19.9 Å². The third-order valence-corrected chi connectivity index (χ3v) is 8.37. The van der Waals surface area contributed by atoms with Crippen molar-refractivity contribution < 1.29 is 14.1 Å². The summed E-state index contributed by atoms with van der Waals surface area (Å²) in [4.78, 5) is 19.6. The van der Waals surface area contributed by atoms with E-state index in [1.807, 2.05) is 33.0 Å². The predicted molar refractivity (Wildman–Crippen MR) is 138 cm³/mol. The Kier molecular flexibility index (Phi) is 6.54. The van der Waals surface area contributed by atoms with Crippen molar-refractivity contribution in [3.8, 4) is 5.75 Å². The Morgan fingerprint density at radius 3 is 2.57 bits per heavy atom. The second-order valence-electron chi connectivity index (χ2n) is 9.40. The highest BCUT2D eigenvalue weighted by Gasteiger charge is 2.30. The van der Waals surface area contributed by atoms with Crippen molar-refractivity contribution in [3.05, 3.63) is 23.9 Å². The van der Waals surface area contributed by atoms with Crippen molar-refractivity contribution in [1.29, 1.82) is 0 Å². The number of aryl methyl sites for hydroxylation is 2. The van der Waals surface area contributed by atoms with Gasteiger partial charge in [0.25, 0.3) is 0 Å². The molecule has 1 fully saturated rings. The van der Waals surface area contributed by atoms with Gasteiger partial charge in [0.15, 0.2) is 0 Å². The number of aromatic nitrogens is 4. The third-order valence-electron chi connectivity index (χ3n) is 6.92. The van der Waals surface area contributed by atoms with Gasteiger partial charge in [-0.15, -0.1) is 0 Å². The summed E-state index contributed by atoms with van der Waals surface area (Å²) in [6, 6.07) is 5.81. The Morgan fingerprint density at radius 1 is 1.14 bits per heavy atom. The molecular formula is C24H33N7O3S. The zero-order chi connectivity index (χ0) is 24.7. The van der Waals surface area contributed by atoms with Crippen LogP contribution in [0.4, 0.5) is 17.7 Å². The van der Waals surface area contributed by atoms with Gasteiger partial charge in [0.1, 0.15) is 22.0 Å². The number of methoxy groups -OCH3 is 1. The highest BCUT2D eigenvalue weighted by Crippen LogP contribution is 2.32. The van der Waals surface area contributed by atoms with E-state index in [2.05, 4.69) is 25.8 Å². The van der Waals surface area contributed by atoms with Crippen LogP contribution < -0.4 is 19.9 Å². The highest BCUT2D eigenvalue weighted by atomic mass is 32.2. The topological polar surface area (TPSA) is 109 Å². The first kappa shape index (κ1) is 23.8. The fourth-order valence-corrected chi connectivity index (χ4v) is 6.07. The quantitative estimate of drug-likeness (QED) is 0.503. The van der Waals surface area contributed by atoms with Crippen LogP contribution in [0.15, 0.2) is 23.1 Å². The molecule has 0 saturated carbocycles. The lowest BCUT2D eigenvalue weighted by molar-refractivity contribution is 0.249. The molecule has 1 aromatic carbocycles. The first-order chi connectivity index (χ1) is 16.9. The van der Waals surface area contributed by atoms with Crippen LogP contribution in [0.3, 0.4) is 0 Å². The molecule has 4 heterocycles. The molecular weight excluding hydrogens is 466 g/mol. The fraction of sp³-hybridized carbons (Fsp3) is 0.542. The van der Waals surface area contributed by atoms with Gasteiger partial charge in [0.05, 0.1) is 41.8 Å². The third kappa shape index (κ3) is 4.31. The molecule has 2 N–H and O–H groups in total. The molecule has 188 valence electrons. The van der Waals surface area contributed by atoms with Crippen molar-refractivity contribution in [3.63, 3.8) is 0 Å². The molecule has 3 aromatic rings. The van der Waals surface area contributed by atoms with Crippen LogP contribution in [0.1, 0.15) is 19.5 Å². The number of ether oxygens (including phenoxy) is 1. The molecule has 0 radical (unpaired) electrons. The van der Waals surface area contributed by atoms with Gasteiger partial charge in [0.2, 0.25) is 11.9 Å². The van der Waals surface area contributed by atoms with E-state index in [1.165, 1.54) is 0 Å². The van der Waals surface area contributed by atoms with E-state index in [0.717, 1.165) is 54.6 Å². The molecule has 0 bridgehead atoms. The number of hydrogen-bond acceptors (Lipinski definition) is 9. The largest absolute Gasteiger partial charge is 0.494 e. The lowest BCUT2D eigenvalue weighted by Gasteiger charge is -2.35. The normalized spacial score (nSPS) is 18.9. The number of fused-ring (bicyclic) bond motifs is 2. The maximum absolute atomic E-state index is 12.7. The number of hydrogen-bond donors (Lipinski definition) is 2. The number of aliphatic hydroxyl groups is 1. The average Bonchev–Trinajstić information content (AvgIpc) is 3.42. The van der Waals surface area contributed by atoms with Gasteiger partial charge in [-0.3, -0.25) is 4.21 Å². The van der Waals surface area contributed by atoms with Crippen LogP contribution in [-0.4, -0.2) is 80.5 Å². The molecule has 10 nitrogen and oxygen atoms in total. The molecule has 2 atom stereocenters. The predicted octanol–water partition coefficient (Wildman–Crippen LogP) is 1.79. The van der Waals surface area contributed by atoms with Crippen LogP contribution in [-0.2, 0) is 24.3 Å². The minimum Gasteiger partial charge on any atom is -0.494 e. The Bertz CT molecular complexity index is 1250. The molecule has 1 saturated heterocycles. The Labute approximate surface area is 207 Å². The fourth-order valence-electron chi connectivity index (χ4n) is 4.75. The zero-order valence-corrected chi connectivity index (χ0v) is 21.5. The van der Waals surface area contributed by atoms with E-state index in [0.29, 0.717) is 28.8 Å². The van der Waals surface area contributed by atoms with Crippen molar-refractivity contribution in [2.45, 2.75) is 31.2 Å². The van der Waals surface area contributed by atoms with E-state index in [-0.39, 0.29) is 18.6 Å². The van der Waals surface area contributed by atoms with Gasteiger partial charge < -0.3 is 29.5 Å². The Balaban J connectivity index is 1.38. The summed E-state index contributed by atoms with van der Waals surface area (Å²) in [5, 5.41) is 13.2. The molecule has 11 heteroatoms. The smallest absolute Gasteiger partial charge is 0.227 e. The number of benzene rings is 1. The SMILES string of the molecule is COc1cccc2c1nc(N1CCN(c3nc4c(c(NC(CO)C(C)C)n3)S(=O)CC4)CC1)n2C. The second kappa shape index (κ2) is 9.62. The van der Waals surface area contributed by atoms with Crippen LogP contribution in [0, 0.1) is 5.92 Å². The molecule has 2 aliphatic heterocycles. The van der Waals surface area contributed by atoms with Crippen LogP contribution in [0.5, 0.6) is 5.75 Å². The minimum atomic E-state index is -1.12. The van der Waals surface area contributed by atoms with Gasteiger partial charge in [-0.2, -0.15) is 4.98 Å². The number of aliphatic hydroxyl groups excluding tert-OH is 1. The number of imidazole rings is 1. The van der Waals surface area contributed by atoms with Crippen LogP contribution in [0.25, 0.3) is 11.0 Å². The first-order valence-electron chi connectivity index (χ1n) is 12.1. The first-order valence-corrected chi connectivity index (χ1v) is 13.4. The minimum absolute atomic E-state index is 0.0140. The molecule has 35 heavy (non-hydrogen) atoms. The molecule has 2 unspecified atom stereocenters. The number of anilines is 3. The summed E-state index contributed by atoms with van der Waals surface area (Å²) in [6.07, 6.45) is 0.680. The van der Waals surface area contributed by atoms with Gasteiger partial charge >= 0.3 is 0 Å². The number of nitrogens with one attached hydrogen (secondary N) is 1. The van der Waals surface area contributed by atoms with E-state index in [4.69, 9.17) is 19.7 Å². The number of piperazine rings is 1. The molecule has 2 aliphatic rings. The lowest BCUT2D eigenvalue weighted by atomic mass is 10.1. The van der Waals surface area contributed by atoms with E-state index in [9.17, 15) is 9.32 Å². The van der Waals surface area contributed by atoms with Gasteiger partial charge in [0, 0.05) is 45.4 Å². The van der Waals surface area contributed by atoms with E-state index in [1.54, 1.807) is 7.11 Å². The summed E-state index contributed by atoms with van der Waals surface area (Å²) in [6.45, 7) is 7.12. The maximum atomic E-state index is 12.7. The number of nitrogens with zero attached hydrogens (tertiary/aromatic N) is 6. The van der Waals surface area contributed by atoms with E-state index >= 15 is 0 Å². The molecule has 5 rings (SSSR count).